The molecule has 1 amide bonds. The molecule has 0 aliphatic carbocycles. The maximum Gasteiger partial charge on any atom is 0.217 e. The quantitative estimate of drug-likeness (QED) is 0.656. The fourth-order valence-electron chi connectivity index (χ4n) is 1.40. The van der Waals surface area contributed by atoms with E-state index in [0.717, 1.165) is 0 Å². The van der Waals surface area contributed by atoms with Gasteiger partial charge >= 0.3 is 0 Å². The average molecular weight is 250 g/mol. The van der Waals surface area contributed by atoms with Crippen molar-refractivity contribution in [3.8, 4) is 0 Å². The van der Waals surface area contributed by atoms with Gasteiger partial charge in [-0.3, -0.25) is 4.79 Å². The van der Waals surface area contributed by atoms with Gasteiger partial charge in [0.1, 0.15) is 0 Å². The first kappa shape index (κ1) is 15.4. The number of rotatable bonds is 8. The lowest BCUT2D eigenvalue weighted by Crippen LogP contribution is -2.30. The van der Waals surface area contributed by atoms with Crippen LogP contribution in [-0.2, 0) is 14.8 Å². The first-order chi connectivity index (χ1) is 7.23. The highest BCUT2D eigenvalue weighted by atomic mass is 32.2. The van der Waals surface area contributed by atoms with Gasteiger partial charge in [0, 0.05) is 13.0 Å². The number of hydrogen-bond acceptors (Lipinski definition) is 3. The van der Waals surface area contributed by atoms with Gasteiger partial charge in [-0.1, -0.05) is 20.8 Å². The predicted octanol–water partition coefficient (Wildman–Crippen LogP) is 0.463. The van der Waals surface area contributed by atoms with Crippen LogP contribution in [0.3, 0.4) is 0 Å². The predicted molar refractivity (Wildman–Crippen MR) is 64.2 cm³/mol. The van der Waals surface area contributed by atoms with Gasteiger partial charge in [0.25, 0.3) is 0 Å². The zero-order valence-corrected chi connectivity index (χ0v) is 11.0. The van der Waals surface area contributed by atoms with Crippen LogP contribution in [0, 0.1) is 11.8 Å². The summed E-state index contributed by atoms with van der Waals surface area (Å²) in [6, 6.07) is 0. The van der Waals surface area contributed by atoms with Gasteiger partial charge in [-0.15, -0.1) is 0 Å². The van der Waals surface area contributed by atoms with E-state index in [4.69, 9.17) is 5.73 Å². The summed E-state index contributed by atoms with van der Waals surface area (Å²) in [6.45, 7) is 5.95. The lowest BCUT2D eigenvalue weighted by atomic mass is 10.0. The number of carbonyl (C=O) groups excluding carboxylic acids is 1. The highest BCUT2D eigenvalue weighted by Gasteiger charge is 2.13. The lowest BCUT2D eigenvalue weighted by Gasteiger charge is -2.11. The van der Waals surface area contributed by atoms with Gasteiger partial charge in [0.2, 0.25) is 15.9 Å². The third kappa shape index (κ3) is 8.67. The molecule has 0 saturated carbocycles. The van der Waals surface area contributed by atoms with E-state index in [-0.39, 0.29) is 23.5 Å². The molecule has 0 aromatic carbocycles. The Bertz CT molecular complexity index is 312. The van der Waals surface area contributed by atoms with E-state index in [0.29, 0.717) is 19.4 Å². The van der Waals surface area contributed by atoms with Crippen molar-refractivity contribution < 1.29 is 13.2 Å². The normalized spacial score (nSPS) is 14.0. The summed E-state index contributed by atoms with van der Waals surface area (Å²) in [7, 11) is -3.17. The van der Waals surface area contributed by atoms with Gasteiger partial charge in [0.15, 0.2) is 0 Å². The van der Waals surface area contributed by atoms with Crippen molar-refractivity contribution in [2.75, 3.05) is 12.3 Å². The number of nitrogens with one attached hydrogen (secondary N) is 1. The van der Waals surface area contributed by atoms with Gasteiger partial charge in [0.05, 0.1) is 5.75 Å². The monoisotopic (exact) mass is 250 g/mol. The van der Waals surface area contributed by atoms with Crippen molar-refractivity contribution >= 4 is 15.9 Å². The molecule has 96 valence electrons. The summed E-state index contributed by atoms with van der Waals surface area (Å²) in [5.74, 6) is 0.00864. The van der Waals surface area contributed by atoms with Crippen LogP contribution < -0.4 is 10.5 Å². The first-order valence-corrected chi connectivity index (χ1v) is 7.14. The van der Waals surface area contributed by atoms with E-state index in [2.05, 4.69) is 4.72 Å². The number of amides is 1. The highest BCUT2D eigenvalue weighted by Crippen LogP contribution is 2.06. The molecule has 1 atom stereocenters. The van der Waals surface area contributed by atoms with Crippen LogP contribution >= 0.6 is 0 Å². The Balaban J connectivity index is 3.85. The van der Waals surface area contributed by atoms with Crippen molar-refractivity contribution in [2.24, 2.45) is 17.6 Å². The van der Waals surface area contributed by atoms with Crippen molar-refractivity contribution in [1.82, 2.24) is 4.72 Å². The largest absolute Gasteiger partial charge is 0.370 e. The molecule has 0 bridgehead atoms. The molecule has 0 aliphatic rings. The topological polar surface area (TPSA) is 89.3 Å². The van der Waals surface area contributed by atoms with Crippen LogP contribution in [0.2, 0.25) is 0 Å². The molecule has 5 nitrogen and oxygen atoms in total. The maximum atomic E-state index is 11.4. The van der Waals surface area contributed by atoms with Gasteiger partial charge < -0.3 is 5.73 Å². The minimum Gasteiger partial charge on any atom is -0.370 e. The van der Waals surface area contributed by atoms with Gasteiger partial charge in [-0.25, -0.2) is 13.1 Å². The smallest absolute Gasteiger partial charge is 0.217 e. The van der Waals surface area contributed by atoms with E-state index in [1.807, 2.05) is 20.8 Å². The molecule has 0 heterocycles. The average Bonchev–Trinajstić information content (AvgIpc) is 1.98. The molecule has 3 N–H and O–H groups in total. The minimum atomic E-state index is -3.17. The summed E-state index contributed by atoms with van der Waals surface area (Å²) in [5, 5.41) is 0. The SMILES string of the molecule is CC(C)CS(=O)(=O)NCCC(C)CC(N)=O. The molecule has 0 spiro atoms. The second-order valence-corrected chi connectivity index (χ2v) is 6.49. The number of nitrogens with two attached hydrogens (primary N) is 1. The summed E-state index contributed by atoms with van der Waals surface area (Å²) in [4.78, 5) is 10.6. The van der Waals surface area contributed by atoms with Crippen LogP contribution in [0.15, 0.2) is 0 Å². The number of carbonyl (C=O) groups is 1. The molecule has 0 aromatic heterocycles. The summed E-state index contributed by atoms with van der Waals surface area (Å²) in [6.07, 6.45) is 0.923. The first-order valence-electron chi connectivity index (χ1n) is 5.48. The number of sulfonamides is 1. The van der Waals surface area contributed by atoms with Crippen LogP contribution in [0.5, 0.6) is 0 Å². The Kier molecular flexibility index (Phi) is 6.59. The fourth-order valence-corrected chi connectivity index (χ4v) is 2.83. The van der Waals surface area contributed by atoms with Crippen molar-refractivity contribution in [1.29, 1.82) is 0 Å². The second-order valence-electron chi connectivity index (χ2n) is 4.63. The van der Waals surface area contributed by atoms with Crippen LogP contribution in [0.4, 0.5) is 0 Å². The highest BCUT2D eigenvalue weighted by molar-refractivity contribution is 7.89. The molecule has 0 rings (SSSR count). The molecule has 0 fully saturated rings. The summed E-state index contributed by atoms with van der Waals surface area (Å²) >= 11 is 0. The minimum absolute atomic E-state index is 0.110. The van der Waals surface area contributed by atoms with E-state index in [1.54, 1.807) is 0 Å². The van der Waals surface area contributed by atoms with Gasteiger partial charge in [-0.05, 0) is 18.3 Å². The van der Waals surface area contributed by atoms with Crippen molar-refractivity contribution in [3.05, 3.63) is 0 Å². The molecule has 0 saturated heterocycles. The summed E-state index contributed by atoms with van der Waals surface area (Å²) < 4.78 is 25.4. The van der Waals surface area contributed by atoms with E-state index >= 15 is 0 Å². The van der Waals surface area contributed by atoms with Crippen molar-refractivity contribution in [3.63, 3.8) is 0 Å². The molecule has 1 unspecified atom stereocenters. The van der Waals surface area contributed by atoms with E-state index in [9.17, 15) is 13.2 Å². The van der Waals surface area contributed by atoms with Gasteiger partial charge in [-0.2, -0.15) is 0 Å². The number of hydrogen-bond donors (Lipinski definition) is 2. The molecule has 0 aromatic rings. The summed E-state index contributed by atoms with van der Waals surface area (Å²) in [5.41, 5.74) is 5.04. The second kappa shape index (κ2) is 6.85. The van der Waals surface area contributed by atoms with Crippen LogP contribution in [0.25, 0.3) is 0 Å². The Labute approximate surface area is 97.8 Å². The zero-order valence-electron chi connectivity index (χ0n) is 10.2. The Morgan fingerprint density at radius 2 is 1.88 bits per heavy atom. The third-order valence-electron chi connectivity index (χ3n) is 2.06. The van der Waals surface area contributed by atoms with Crippen LogP contribution in [-0.4, -0.2) is 26.6 Å². The Morgan fingerprint density at radius 3 is 2.31 bits per heavy atom. The molecule has 0 radical (unpaired) electrons. The lowest BCUT2D eigenvalue weighted by molar-refractivity contribution is -0.118. The van der Waals surface area contributed by atoms with E-state index < -0.39 is 10.0 Å². The third-order valence-corrected chi connectivity index (χ3v) is 3.81. The molecule has 16 heavy (non-hydrogen) atoms. The van der Waals surface area contributed by atoms with E-state index in [1.165, 1.54) is 0 Å². The molecular weight excluding hydrogens is 228 g/mol. The van der Waals surface area contributed by atoms with Crippen LogP contribution in [0.1, 0.15) is 33.6 Å². The molecule has 6 heteroatoms. The zero-order chi connectivity index (χ0) is 12.8. The fraction of sp³-hybridized carbons (Fsp3) is 0.900. The standard InChI is InChI=1S/C10H22N2O3S/c1-8(2)7-16(14,15)12-5-4-9(3)6-10(11)13/h8-9,12H,4-7H2,1-3H3,(H2,11,13). The number of primary amides is 1. The Morgan fingerprint density at radius 1 is 1.31 bits per heavy atom. The molecular formula is C10H22N2O3S. The molecule has 0 aliphatic heterocycles. The maximum absolute atomic E-state index is 11.4. The Hall–Kier alpha value is -0.620. The van der Waals surface area contributed by atoms with Crippen molar-refractivity contribution in [2.45, 2.75) is 33.6 Å².